The van der Waals surface area contributed by atoms with Crippen molar-refractivity contribution in [3.63, 3.8) is 0 Å². The largest absolute Gasteiger partial charge is 0.508 e. The number of rotatable bonds is 15. The number of nitrogens with zero attached hydrogens (tertiary/aromatic N) is 6. The standard InChI is InChI=1S/C86H100N6O7/c1-79(2,3)55-37-56(80(4,5)6)42-66(41-55)95-71-49-72(96-67-43-57(81(7,8)9)38-58(44-67)82(10,11)12)89-76(88-71)53-27-33-64(34-28-53)94-70-51-87-75(52-25-31-63(93)32-26-52)92-78(70)99-65-35-29-54(30-36-65)77-90-73(97-68-45-59(83(13,14)15)39-60(46-68)84(16,17)18)50-74(91-77)98-69-47-61(85(19,20)21)40-62(48-69)86(22,23)24/h25-51,93H,1-24H3. The van der Waals surface area contributed by atoms with Crippen LogP contribution in [0, 0.1) is 0 Å². The second-order valence-electron chi connectivity index (χ2n) is 34.3. The van der Waals surface area contributed by atoms with Crippen LogP contribution in [-0.4, -0.2) is 35.0 Å². The third-order valence-electron chi connectivity index (χ3n) is 17.3. The minimum atomic E-state index is -0.145. The van der Waals surface area contributed by atoms with Crippen molar-refractivity contribution >= 4 is 0 Å². The number of aromatic nitrogens is 6. The molecular weight excluding hydrogens is 1230 g/mol. The van der Waals surface area contributed by atoms with Gasteiger partial charge in [0.25, 0.3) is 5.88 Å². The van der Waals surface area contributed by atoms with Crippen molar-refractivity contribution in [2.45, 2.75) is 209 Å². The van der Waals surface area contributed by atoms with Gasteiger partial charge in [0.15, 0.2) is 17.5 Å². The van der Waals surface area contributed by atoms with Crippen LogP contribution >= 0.6 is 0 Å². The molecule has 0 radical (unpaired) electrons. The molecule has 0 amide bonds. The number of benzene rings is 7. The zero-order chi connectivity index (χ0) is 72.2. The van der Waals surface area contributed by atoms with Crippen molar-refractivity contribution in [3.8, 4) is 110 Å². The summed E-state index contributed by atoms with van der Waals surface area (Å²) >= 11 is 0. The summed E-state index contributed by atoms with van der Waals surface area (Å²) < 4.78 is 40.4. The van der Waals surface area contributed by atoms with Gasteiger partial charge in [-0.3, -0.25) is 0 Å². The predicted molar refractivity (Wildman–Crippen MR) is 400 cm³/mol. The van der Waals surface area contributed by atoms with Crippen molar-refractivity contribution in [2.24, 2.45) is 0 Å². The van der Waals surface area contributed by atoms with Crippen molar-refractivity contribution in [1.29, 1.82) is 0 Å². The summed E-state index contributed by atoms with van der Waals surface area (Å²) in [6.07, 6.45) is 1.57. The van der Waals surface area contributed by atoms with Crippen LogP contribution in [0.5, 0.6) is 75.4 Å². The van der Waals surface area contributed by atoms with Crippen molar-refractivity contribution in [2.75, 3.05) is 0 Å². The first kappa shape index (κ1) is 72.1. The number of hydrogen-bond donors (Lipinski definition) is 1. The zero-order valence-electron chi connectivity index (χ0n) is 62.7. The summed E-state index contributed by atoms with van der Waals surface area (Å²) in [4.78, 5) is 29.8. The highest BCUT2D eigenvalue weighted by atomic mass is 16.5. The number of aromatic hydroxyl groups is 1. The minimum absolute atomic E-state index is 0.113. The molecule has 0 unspecified atom stereocenters. The zero-order valence-corrected chi connectivity index (χ0v) is 62.7. The second-order valence-corrected chi connectivity index (χ2v) is 34.3. The first-order valence-electron chi connectivity index (χ1n) is 34.2. The Labute approximate surface area is 587 Å². The lowest BCUT2D eigenvalue weighted by atomic mass is 9.80. The molecule has 13 nitrogen and oxygen atoms in total. The van der Waals surface area contributed by atoms with Gasteiger partial charge in [-0.15, -0.1) is 0 Å². The number of phenolic OH excluding ortho intramolecular Hbond substituents is 1. The Morgan fingerprint density at radius 2 is 0.485 bits per heavy atom. The van der Waals surface area contributed by atoms with Gasteiger partial charge >= 0.3 is 0 Å². The molecule has 0 bridgehead atoms. The third-order valence-corrected chi connectivity index (χ3v) is 17.3. The Morgan fingerprint density at radius 3 is 0.747 bits per heavy atom. The fourth-order valence-electron chi connectivity index (χ4n) is 10.7. The Bertz CT molecular complexity index is 4240. The molecule has 1 N–H and O–H groups in total. The average molecular weight is 1330 g/mol. The fraction of sp³-hybridized carbons (Fsp3) is 0.372. The van der Waals surface area contributed by atoms with E-state index in [1.807, 2.05) is 48.5 Å². The highest BCUT2D eigenvalue weighted by Crippen LogP contribution is 2.43. The highest BCUT2D eigenvalue weighted by molar-refractivity contribution is 5.62. The highest BCUT2D eigenvalue weighted by Gasteiger charge is 2.28. The van der Waals surface area contributed by atoms with E-state index in [2.05, 4.69) is 239 Å². The van der Waals surface area contributed by atoms with E-state index in [0.717, 1.165) is 44.5 Å². The maximum Gasteiger partial charge on any atom is 0.266 e. The van der Waals surface area contributed by atoms with E-state index in [1.54, 1.807) is 42.6 Å². The van der Waals surface area contributed by atoms with Gasteiger partial charge in [0.05, 0.1) is 18.3 Å². The maximum absolute atomic E-state index is 10.2. The molecule has 516 valence electrons. The molecule has 10 aromatic rings. The Hall–Kier alpha value is -9.62. The van der Waals surface area contributed by atoms with E-state index in [9.17, 15) is 5.11 Å². The molecule has 0 fully saturated rings. The first-order valence-corrected chi connectivity index (χ1v) is 34.2. The summed E-state index contributed by atoms with van der Waals surface area (Å²) in [5.41, 5.74) is 10.0. The molecule has 0 aliphatic heterocycles. The monoisotopic (exact) mass is 1330 g/mol. The minimum Gasteiger partial charge on any atom is -0.508 e. The van der Waals surface area contributed by atoms with Crippen molar-refractivity contribution in [1.82, 2.24) is 29.9 Å². The summed E-state index contributed by atoms with van der Waals surface area (Å²) in [5.74, 6) is 6.40. The summed E-state index contributed by atoms with van der Waals surface area (Å²) in [6, 6.07) is 50.7. The van der Waals surface area contributed by atoms with Crippen LogP contribution in [-0.2, 0) is 43.3 Å². The van der Waals surface area contributed by atoms with E-state index < -0.39 is 0 Å². The quantitative estimate of drug-likeness (QED) is 0.104. The Morgan fingerprint density at radius 1 is 0.242 bits per heavy atom. The molecule has 0 atom stereocenters. The van der Waals surface area contributed by atoms with Crippen molar-refractivity contribution < 1.29 is 33.5 Å². The molecule has 13 heteroatoms. The van der Waals surface area contributed by atoms with Gasteiger partial charge in [0, 0.05) is 16.7 Å². The van der Waals surface area contributed by atoms with Crippen LogP contribution < -0.4 is 28.4 Å². The van der Waals surface area contributed by atoms with Crippen LogP contribution in [0.15, 0.2) is 164 Å². The normalized spacial score (nSPS) is 12.7. The Kier molecular flexibility index (Phi) is 19.6. The van der Waals surface area contributed by atoms with E-state index in [4.69, 9.17) is 58.3 Å². The summed E-state index contributed by atoms with van der Waals surface area (Å²) in [5, 5.41) is 10.2. The van der Waals surface area contributed by atoms with Gasteiger partial charge in [0.1, 0.15) is 40.2 Å². The molecule has 7 aromatic carbocycles. The van der Waals surface area contributed by atoms with E-state index in [0.29, 0.717) is 92.2 Å². The maximum atomic E-state index is 10.2. The number of hydrogen-bond acceptors (Lipinski definition) is 13. The van der Waals surface area contributed by atoms with E-state index in [1.165, 1.54) is 0 Å². The lowest BCUT2D eigenvalue weighted by Gasteiger charge is -2.26. The molecular formula is C86H100N6O7. The van der Waals surface area contributed by atoms with E-state index in [-0.39, 0.29) is 60.7 Å². The molecule has 3 heterocycles. The number of ether oxygens (including phenoxy) is 6. The smallest absolute Gasteiger partial charge is 0.266 e. The van der Waals surface area contributed by atoms with Crippen LogP contribution in [0.2, 0.25) is 0 Å². The van der Waals surface area contributed by atoms with Crippen molar-refractivity contribution in [3.05, 3.63) is 208 Å². The molecule has 99 heavy (non-hydrogen) atoms. The molecule has 0 aliphatic carbocycles. The lowest BCUT2D eigenvalue weighted by Crippen LogP contribution is -2.16. The van der Waals surface area contributed by atoms with Crippen LogP contribution in [0.25, 0.3) is 34.2 Å². The first-order chi connectivity index (χ1) is 45.8. The molecule has 0 saturated carbocycles. The van der Waals surface area contributed by atoms with Crippen LogP contribution in [0.4, 0.5) is 0 Å². The topological polar surface area (TPSA) is 153 Å². The van der Waals surface area contributed by atoms with Gasteiger partial charge in [0.2, 0.25) is 29.3 Å². The SMILES string of the molecule is CC(C)(C)c1cc(Oc2cc(Oc3cc(C(C)(C)C)cc(C(C)(C)C)c3)nc(-c3ccc(Oc4cnc(-c5ccc(O)cc5)nc4Oc4ccc(-c5nc(Oc6cc(C(C)(C)C)cc(C(C)(C)C)c6)cc(Oc6cc(C(C)(C)C)cc(C(C)(C)C)c6)n5)cc4)cc3)n2)cc(C(C)(C)C)c1. The second kappa shape index (κ2) is 26.9. The summed E-state index contributed by atoms with van der Waals surface area (Å²) in [7, 11) is 0. The molecule has 0 aliphatic rings. The fourth-order valence-corrected chi connectivity index (χ4v) is 10.7. The molecule has 0 saturated heterocycles. The van der Waals surface area contributed by atoms with Gasteiger partial charge in [-0.05, 0) is 209 Å². The van der Waals surface area contributed by atoms with Gasteiger partial charge < -0.3 is 33.5 Å². The van der Waals surface area contributed by atoms with Gasteiger partial charge in [-0.1, -0.05) is 190 Å². The predicted octanol–water partition coefficient (Wildman–Crippen LogP) is 23.9. The van der Waals surface area contributed by atoms with Crippen LogP contribution in [0.1, 0.15) is 211 Å². The summed E-state index contributed by atoms with van der Waals surface area (Å²) in [6.45, 7) is 52.9. The Balaban J connectivity index is 0.998. The van der Waals surface area contributed by atoms with Gasteiger partial charge in [-0.2, -0.15) is 24.9 Å². The average Bonchev–Trinajstić information content (AvgIpc) is 0.808. The lowest BCUT2D eigenvalue weighted by molar-refractivity contribution is 0.403. The molecule has 10 rings (SSSR count). The molecule has 0 spiro atoms. The third kappa shape index (κ3) is 18.4. The molecule has 3 aromatic heterocycles. The van der Waals surface area contributed by atoms with E-state index >= 15 is 0 Å². The van der Waals surface area contributed by atoms with Gasteiger partial charge in [-0.25, -0.2) is 4.98 Å². The number of phenols is 1. The van der Waals surface area contributed by atoms with Crippen LogP contribution in [0.3, 0.4) is 0 Å².